The number of nitrogen functional groups attached to an aromatic ring is 1. The van der Waals surface area contributed by atoms with Crippen LogP contribution in [-0.4, -0.2) is 18.6 Å². The molecule has 1 aromatic carbocycles. The lowest BCUT2D eigenvalue weighted by molar-refractivity contribution is -0.117. The zero-order valence-electron chi connectivity index (χ0n) is 10.00. The van der Waals surface area contributed by atoms with E-state index in [1.807, 2.05) is 13.8 Å². The highest BCUT2D eigenvalue weighted by molar-refractivity contribution is 5.91. The van der Waals surface area contributed by atoms with Gasteiger partial charge in [0.2, 0.25) is 5.91 Å². The summed E-state index contributed by atoms with van der Waals surface area (Å²) in [7, 11) is 0. The van der Waals surface area contributed by atoms with E-state index in [-0.39, 0.29) is 24.1 Å². The summed E-state index contributed by atoms with van der Waals surface area (Å²) in [5.74, 6) is -0.678. The van der Waals surface area contributed by atoms with Crippen molar-refractivity contribution in [3.8, 4) is 0 Å². The van der Waals surface area contributed by atoms with Gasteiger partial charge in [0.1, 0.15) is 5.82 Å². The van der Waals surface area contributed by atoms with Gasteiger partial charge in [0, 0.05) is 5.69 Å². The summed E-state index contributed by atoms with van der Waals surface area (Å²) in [6, 6.07) is 4.07. The molecule has 17 heavy (non-hydrogen) atoms. The predicted octanol–water partition coefficient (Wildman–Crippen LogP) is 2.16. The second-order valence-corrected chi connectivity index (χ2v) is 3.95. The first kappa shape index (κ1) is 13.4. The Labute approximate surface area is 100.0 Å². The van der Waals surface area contributed by atoms with E-state index in [1.54, 1.807) is 0 Å². The molecule has 0 aliphatic carbocycles. The summed E-state index contributed by atoms with van der Waals surface area (Å²) in [5.41, 5.74) is 5.88. The molecule has 1 amide bonds. The Balaban J connectivity index is 2.42. The summed E-state index contributed by atoms with van der Waals surface area (Å²) < 4.78 is 18.1. The minimum Gasteiger partial charge on any atom is -0.396 e. The molecular formula is C12H17FN2O2. The van der Waals surface area contributed by atoms with Gasteiger partial charge in [-0.2, -0.15) is 0 Å². The zero-order chi connectivity index (χ0) is 12.8. The lowest BCUT2D eigenvalue weighted by atomic mass is 10.2. The monoisotopic (exact) mass is 240 g/mol. The van der Waals surface area contributed by atoms with E-state index in [0.717, 1.165) is 0 Å². The standard InChI is InChI=1S/C12H17FN2O2/c1-8(2)17-6-5-12(16)15-9-3-4-10(13)11(14)7-9/h3-4,7-8H,5-6,14H2,1-2H3,(H,15,16). The van der Waals surface area contributed by atoms with Gasteiger partial charge in [-0.25, -0.2) is 4.39 Å². The van der Waals surface area contributed by atoms with Gasteiger partial charge < -0.3 is 15.8 Å². The first-order valence-corrected chi connectivity index (χ1v) is 5.45. The molecule has 1 rings (SSSR count). The Bertz CT molecular complexity index is 394. The van der Waals surface area contributed by atoms with E-state index in [1.165, 1.54) is 18.2 Å². The summed E-state index contributed by atoms with van der Waals surface area (Å²) >= 11 is 0. The maximum absolute atomic E-state index is 12.9. The Morgan fingerprint density at radius 3 is 2.82 bits per heavy atom. The van der Waals surface area contributed by atoms with E-state index in [0.29, 0.717) is 12.3 Å². The van der Waals surface area contributed by atoms with Gasteiger partial charge in [-0.1, -0.05) is 0 Å². The van der Waals surface area contributed by atoms with Crippen LogP contribution in [0, 0.1) is 5.82 Å². The third kappa shape index (κ3) is 4.82. The van der Waals surface area contributed by atoms with Gasteiger partial charge in [-0.15, -0.1) is 0 Å². The second-order valence-electron chi connectivity index (χ2n) is 3.95. The number of anilines is 2. The van der Waals surface area contributed by atoms with Crippen molar-refractivity contribution in [3.63, 3.8) is 0 Å². The zero-order valence-corrected chi connectivity index (χ0v) is 10.00. The highest BCUT2D eigenvalue weighted by Gasteiger charge is 2.05. The van der Waals surface area contributed by atoms with E-state index in [2.05, 4.69) is 5.32 Å². The van der Waals surface area contributed by atoms with Crippen molar-refractivity contribution in [2.75, 3.05) is 17.7 Å². The van der Waals surface area contributed by atoms with Crippen molar-refractivity contribution >= 4 is 17.3 Å². The summed E-state index contributed by atoms with van der Waals surface area (Å²) in [6.45, 7) is 4.16. The molecule has 1 aromatic rings. The molecule has 0 aliphatic heterocycles. The first-order valence-electron chi connectivity index (χ1n) is 5.45. The number of amides is 1. The molecule has 0 aliphatic rings. The van der Waals surface area contributed by atoms with Gasteiger partial charge in [0.25, 0.3) is 0 Å². The molecule has 0 radical (unpaired) electrons. The molecule has 4 nitrogen and oxygen atoms in total. The Morgan fingerprint density at radius 2 is 2.24 bits per heavy atom. The normalized spacial score (nSPS) is 10.6. The van der Waals surface area contributed by atoms with Crippen LogP contribution < -0.4 is 11.1 Å². The first-order chi connectivity index (χ1) is 7.99. The van der Waals surface area contributed by atoms with Crippen molar-refractivity contribution in [2.24, 2.45) is 0 Å². The number of nitrogens with two attached hydrogens (primary N) is 1. The molecule has 0 heterocycles. The van der Waals surface area contributed by atoms with Crippen molar-refractivity contribution in [3.05, 3.63) is 24.0 Å². The molecule has 0 spiro atoms. The number of nitrogens with one attached hydrogen (secondary N) is 1. The Morgan fingerprint density at radius 1 is 1.53 bits per heavy atom. The van der Waals surface area contributed by atoms with Crippen molar-refractivity contribution in [1.29, 1.82) is 0 Å². The summed E-state index contributed by atoms with van der Waals surface area (Å²) in [4.78, 5) is 11.5. The van der Waals surface area contributed by atoms with E-state index in [9.17, 15) is 9.18 Å². The van der Waals surface area contributed by atoms with Crippen LogP contribution in [0.1, 0.15) is 20.3 Å². The number of halogens is 1. The molecule has 3 N–H and O–H groups in total. The molecule has 0 fully saturated rings. The van der Waals surface area contributed by atoms with E-state index >= 15 is 0 Å². The van der Waals surface area contributed by atoms with Gasteiger partial charge in [-0.05, 0) is 32.0 Å². The largest absolute Gasteiger partial charge is 0.396 e. The maximum Gasteiger partial charge on any atom is 0.226 e. The maximum atomic E-state index is 12.9. The molecule has 0 aromatic heterocycles. The van der Waals surface area contributed by atoms with Crippen LogP contribution in [0.5, 0.6) is 0 Å². The highest BCUT2D eigenvalue weighted by atomic mass is 19.1. The molecule has 94 valence electrons. The predicted molar refractivity (Wildman–Crippen MR) is 65.1 cm³/mol. The Kier molecular flexibility index (Phi) is 4.90. The average molecular weight is 240 g/mol. The fraction of sp³-hybridized carbons (Fsp3) is 0.417. The number of hydrogen-bond donors (Lipinski definition) is 2. The molecule has 5 heteroatoms. The van der Waals surface area contributed by atoms with Crippen LogP contribution in [0.3, 0.4) is 0 Å². The Hall–Kier alpha value is -1.62. The van der Waals surface area contributed by atoms with Gasteiger partial charge >= 0.3 is 0 Å². The van der Waals surface area contributed by atoms with Crippen LogP contribution in [0.15, 0.2) is 18.2 Å². The number of carbonyl (C=O) groups excluding carboxylic acids is 1. The van der Waals surface area contributed by atoms with Crippen molar-refractivity contribution in [1.82, 2.24) is 0 Å². The number of rotatable bonds is 5. The third-order valence-corrected chi connectivity index (χ3v) is 2.06. The number of benzene rings is 1. The van der Waals surface area contributed by atoms with E-state index < -0.39 is 5.82 Å². The van der Waals surface area contributed by atoms with Crippen LogP contribution in [0.4, 0.5) is 15.8 Å². The minimum absolute atomic E-state index is 0.0150. The van der Waals surface area contributed by atoms with Crippen LogP contribution in [0.2, 0.25) is 0 Å². The minimum atomic E-state index is -0.494. The lowest BCUT2D eigenvalue weighted by Gasteiger charge is -2.08. The van der Waals surface area contributed by atoms with Crippen molar-refractivity contribution in [2.45, 2.75) is 26.4 Å². The number of ether oxygens (including phenoxy) is 1. The smallest absolute Gasteiger partial charge is 0.226 e. The quantitative estimate of drug-likeness (QED) is 0.775. The molecule has 0 saturated heterocycles. The van der Waals surface area contributed by atoms with Gasteiger partial charge in [0.05, 0.1) is 24.8 Å². The van der Waals surface area contributed by atoms with Crippen LogP contribution in [0.25, 0.3) is 0 Å². The molecule has 0 saturated carbocycles. The lowest BCUT2D eigenvalue weighted by Crippen LogP contribution is -2.16. The molecular weight excluding hydrogens is 223 g/mol. The average Bonchev–Trinajstić information content (AvgIpc) is 2.23. The fourth-order valence-corrected chi connectivity index (χ4v) is 1.23. The van der Waals surface area contributed by atoms with E-state index in [4.69, 9.17) is 10.5 Å². The SMILES string of the molecule is CC(C)OCCC(=O)Nc1ccc(F)c(N)c1. The topological polar surface area (TPSA) is 64.3 Å². The number of carbonyl (C=O) groups is 1. The number of hydrogen-bond acceptors (Lipinski definition) is 3. The third-order valence-electron chi connectivity index (χ3n) is 2.06. The summed E-state index contributed by atoms with van der Waals surface area (Å²) in [6.07, 6.45) is 0.361. The van der Waals surface area contributed by atoms with Crippen LogP contribution in [-0.2, 0) is 9.53 Å². The summed E-state index contributed by atoms with van der Waals surface area (Å²) in [5, 5.41) is 2.62. The molecule has 0 atom stereocenters. The highest BCUT2D eigenvalue weighted by Crippen LogP contribution is 2.16. The second kappa shape index (κ2) is 6.20. The van der Waals surface area contributed by atoms with Gasteiger partial charge in [-0.3, -0.25) is 4.79 Å². The van der Waals surface area contributed by atoms with Crippen molar-refractivity contribution < 1.29 is 13.9 Å². The molecule has 0 unspecified atom stereocenters. The van der Waals surface area contributed by atoms with Crippen LogP contribution >= 0.6 is 0 Å². The fourth-order valence-electron chi connectivity index (χ4n) is 1.23. The molecule has 0 bridgehead atoms. The van der Waals surface area contributed by atoms with Gasteiger partial charge in [0.15, 0.2) is 0 Å².